The lowest BCUT2D eigenvalue weighted by Gasteiger charge is -2.20. The number of esters is 2. The van der Waals surface area contributed by atoms with Gasteiger partial charge in [-0.15, -0.1) is 0 Å². The highest BCUT2D eigenvalue weighted by Gasteiger charge is 2.27. The van der Waals surface area contributed by atoms with Gasteiger partial charge < -0.3 is 24.6 Å². The maximum Gasteiger partial charge on any atom is 0.472 e. The monoisotopic (exact) mass is 805 g/mol. The van der Waals surface area contributed by atoms with Crippen molar-refractivity contribution in [1.29, 1.82) is 0 Å². The molecule has 10 nitrogen and oxygen atoms in total. The molecule has 3 N–H and O–H groups in total. The smallest absolute Gasteiger partial charge is 0.462 e. The van der Waals surface area contributed by atoms with E-state index in [0.29, 0.717) is 12.8 Å². The van der Waals surface area contributed by atoms with E-state index in [1.165, 1.54) is 122 Å². The summed E-state index contributed by atoms with van der Waals surface area (Å²) in [6, 6.07) is 0. The van der Waals surface area contributed by atoms with Crippen LogP contribution >= 0.6 is 7.82 Å². The minimum absolute atomic E-state index is 0.178. The van der Waals surface area contributed by atoms with E-state index in [0.717, 1.165) is 57.8 Å². The van der Waals surface area contributed by atoms with Gasteiger partial charge in [0.2, 0.25) is 0 Å². The molecule has 0 spiro atoms. The Hall–Kier alpha value is -1.29. The molecule has 0 aliphatic rings. The van der Waals surface area contributed by atoms with Crippen LogP contribution in [0, 0.1) is 0 Å². The predicted molar refractivity (Wildman–Crippen MR) is 224 cm³/mol. The summed E-state index contributed by atoms with van der Waals surface area (Å²) in [4.78, 5) is 35.0. The van der Waals surface area contributed by atoms with Crippen LogP contribution in [0.4, 0.5) is 0 Å². The van der Waals surface area contributed by atoms with Crippen LogP contribution in [0.2, 0.25) is 0 Å². The topological polar surface area (TPSA) is 149 Å². The van der Waals surface area contributed by atoms with Crippen molar-refractivity contribution in [1.82, 2.24) is 0 Å². The van der Waals surface area contributed by atoms with Crippen molar-refractivity contribution in [3.63, 3.8) is 0 Å². The SMILES string of the molecule is CCCCCCC/C=C\CCCCCCCC(=O)OC(COC(=O)CCCCCCCCCCCCCCCCCCCC)COP(=O)(O)OCC(O)CO. The van der Waals surface area contributed by atoms with Gasteiger partial charge in [-0.1, -0.05) is 180 Å². The lowest BCUT2D eigenvalue weighted by Crippen LogP contribution is -2.29. The van der Waals surface area contributed by atoms with Gasteiger partial charge in [0.15, 0.2) is 6.10 Å². The van der Waals surface area contributed by atoms with Crippen molar-refractivity contribution in [3.05, 3.63) is 12.2 Å². The van der Waals surface area contributed by atoms with Crippen LogP contribution in [0.25, 0.3) is 0 Å². The Bertz CT molecular complexity index is 930. The highest BCUT2D eigenvalue weighted by Crippen LogP contribution is 2.43. The lowest BCUT2D eigenvalue weighted by molar-refractivity contribution is -0.161. The highest BCUT2D eigenvalue weighted by molar-refractivity contribution is 7.47. The maximum absolute atomic E-state index is 12.6. The van der Waals surface area contributed by atoms with Crippen molar-refractivity contribution >= 4 is 19.8 Å². The minimum atomic E-state index is -4.61. The number of aliphatic hydroxyl groups is 2. The number of unbranched alkanes of at least 4 members (excludes halogenated alkanes) is 27. The number of rotatable bonds is 43. The summed E-state index contributed by atoms with van der Waals surface area (Å²) in [5.41, 5.74) is 0. The largest absolute Gasteiger partial charge is 0.472 e. The van der Waals surface area contributed by atoms with Gasteiger partial charge in [0.05, 0.1) is 19.8 Å². The molecule has 0 aromatic heterocycles. The molecule has 0 saturated heterocycles. The van der Waals surface area contributed by atoms with Crippen LogP contribution in [0.1, 0.15) is 219 Å². The summed E-state index contributed by atoms with van der Waals surface area (Å²) >= 11 is 0. The first kappa shape index (κ1) is 53.7. The zero-order valence-corrected chi connectivity index (χ0v) is 36.3. The second kappa shape index (κ2) is 40.9. The van der Waals surface area contributed by atoms with Crippen molar-refractivity contribution in [3.8, 4) is 0 Å². The van der Waals surface area contributed by atoms with Gasteiger partial charge in [-0.2, -0.15) is 0 Å². The summed E-state index contributed by atoms with van der Waals surface area (Å²) in [6.45, 7) is 2.39. The van der Waals surface area contributed by atoms with Gasteiger partial charge >= 0.3 is 19.8 Å². The molecule has 11 heteroatoms. The summed E-state index contributed by atoms with van der Waals surface area (Å²) in [5.74, 6) is -0.923. The van der Waals surface area contributed by atoms with Crippen LogP contribution in [-0.2, 0) is 32.7 Å². The molecule has 0 fully saturated rings. The second-order valence-electron chi connectivity index (χ2n) is 15.4. The fourth-order valence-corrected chi connectivity index (χ4v) is 7.19. The number of allylic oxidation sites excluding steroid dienone is 2. The first-order valence-corrected chi connectivity index (χ1v) is 24.1. The van der Waals surface area contributed by atoms with Gasteiger partial charge in [-0.05, 0) is 38.5 Å². The number of carbonyl (C=O) groups excluding carboxylic acids is 2. The molecule has 55 heavy (non-hydrogen) atoms. The van der Waals surface area contributed by atoms with E-state index in [-0.39, 0.29) is 19.4 Å². The van der Waals surface area contributed by atoms with Crippen molar-refractivity contribution in [2.24, 2.45) is 0 Å². The number of carbonyl (C=O) groups is 2. The molecule has 3 atom stereocenters. The Morgan fingerprint density at radius 3 is 1.31 bits per heavy atom. The molecular formula is C44H85O10P. The summed E-state index contributed by atoms with van der Waals surface area (Å²) in [7, 11) is -4.61. The Morgan fingerprint density at radius 2 is 0.891 bits per heavy atom. The van der Waals surface area contributed by atoms with Gasteiger partial charge in [-0.3, -0.25) is 18.6 Å². The molecule has 0 aliphatic heterocycles. The number of phosphoric acid groups is 1. The molecular weight excluding hydrogens is 719 g/mol. The molecule has 0 rings (SSSR count). The number of aliphatic hydroxyl groups excluding tert-OH is 2. The van der Waals surface area contributed by atoms with Crippen LogP contribution < -0.4 is 0 Å². The van der Waals surface area contributed by atoms with Crippen molar-refractivity contribution < 1.29 is 47.8 Å². The molecule has 0 aromatic carbocycles. The van der Waals surface area contributed by atoms with E-state index < -0.39 is 51.8 Å². The van der Waals surface area contributed by atoms with Crippen LogP contribution in [0.15, 0.2) is 12.2 Å². The third-order valence-corrected chi connectivity index (χ3v) is 10.9. The number of hydrogen-bond acceptors (Lipinski definition) is 9. The normalized spacial score (nSPS) is 13.9. The predicted octanol–water partition coefficient (Wildman–Crippen LogP) is 12.0. The average molecular weight is 805 g/mol. The van der Waals surface area contributed by atoms with E-state index in [1.54, 1.807) is 0 Å². The van der Waals surface area contributed by atoms with Crippen molar-refractivity contribution in [2.75, 3.05) is 26.4 Å². The van der Waals surface area contributed by atoms with Gasteiger partial charge in [0.1, 0.15) is 12.7 Å². The van der Waals surface area contributed by atoms with E-state index in [1.807, 2.05) is 0 Å². The van der Waals surface area contributed by atoms with Crippen LogP contribution in [-0.4, -0.2) is 65.7 Å². The molecule has 0 saturated carbocycles. The Morgan fingerprint density at radius 1 is 0.527 bits per heavy atom. The Kier molecular flexibility index (Phi) is 39.9. The average Bonchev–Trinajstić information content (AvgIpc) is 3.17. The fourth-order valence-electron chi connectivity index (χ4n) is 6.40. The van der Waals surface area contributed by atoms with E-state index in [2.05, 4.69) is 26.0 Å². The van der Waals surface area contributed by atoms with Crippen molar-refractivity contribution in [2.45, 2.75) is 232 Å². The summed E-state index contributed by atoms with van der Waals surface area (Å²) in [5, 5.41) is 18.3. The molecule has 0 bridgehead atoms. The molecule has 0 radical (unpaired) electrons. The van der Waals surface area contributed by atoms with Crippen LogP contribution in [0.5, 0.6) is 0 Å². The van der Waals surface area contributed by atoms with E-state index in [4.69, 9.17) is 23.6 Å². The zero-order valence-electron chi connectivity index (χ0n) is 35.4. The van der Waals surface area contributed by atoms with Crippen LogP contribution in [0.3, 0.4) is 0 Å². The van der Waals surface area contributed by atoms with E-state index in [9.17, 15) is 24.2 Å². The number of hydrogen-bond donors (Lipinski definition) is 3. The Balaban J connectivity index is 4.22. The minimum Gasteiger partial charge on any atom is -0.462 e. The standard InChI is InChI=1S/C44H85O10P/c1-3-5-7-9-11-13-15-17-19-20-21-22-24-25-27-29-31-33-35-43(47)51-39-42(40-53-55(49,50)52-38-41(46)37-45)54-44(48)36-34-32-30-28-26-23-18-16-14-12-10-8-6-4-2/h16,18,41-42,45-46H,3-15,17,19-40H2,1-2H3,(H,49,50)/b18-16-. The highest BCUT2D eigenvalue weighted by atomic mass is 31.2. The first-order valence-electron chi connectivity index (χ1n) is 22.6. The molecule has 0 amide bonds. The fraction of sp³-hybridized carbons (Fsp3) is 0.909. The van der Waals surface area contributed by atoms with Gasteiger partial charge in [0.25, 0.3) is 0 Å². The number of ether oxygens (including phenoxy) is 2. The first-order chi connectivity index (χ1) is 26.7. The molecule has 3 unspecified atom stereocenters. The zero-order chi connectivity index (χ0) is 40.5. The molecule has 0 aliphatic carbocycles. The number of phosphoric ester groups is 1. The molecule has 326 valence electrons. The maximum atomic E-state index is 12.6. The third kappa shape index (κ3) is 40.7. The second-order valence-corrected chi connectivity index (χ2v) is 16.9. The van der Waals surface area contributed by atoms with Gasteiger partial charge in [-0.25, -0.2) is 4.57 Å². The third-order valence-electron chi connectivity index (χ3n) is 9.92. The molecule has 0 heterocycles. The van der Waals surface area contributed by atoms with Gasteiger partial charge in [0, 0.05) is 12.8 Å². The Labute approximate surface area is 336 Å². The summed E-state index contributed by atoms with van der Waals surface area (Å²) < 4.78 is 32.7. The quantitative estimate of drug-likeness (QED) is 0.0235. The summed E-state index contributed by atoms with van der Waals surface area (Å²) in [6.07, 6.45) is 38.9. The molecule has 0 aromatic rings. The lowest BCUT2D eigenvalue weighted by atomic mass is 10.0. The van der Waals surface area contributed by atoms with E-state index >= 15 is 0 Å².